The van der Waals surface area contributed by atoms with Gasteiger partial charge in [-0.15, -0.1) is 0 Å². The first-order chi connectivity index (χ1) is 8.20. The molecule has 1 aromatic rings. The Morgan fingerprint density at radius 2 is 2.12 bits per heavy atom. The number of hydrogen-bond donors (Lipinski definition) is 1. The summed E-state index contributed by atoms with van der Waals surface area (Å²) in [5, 5.41) is 9.37. The number of carboxylic acid groups (broad SMARTS) is 1. The minimum absolute atomic E-state index is 0.0296. The lowest BCUT2D eigenvalue weighted by Gasteiger charge is -2.30. The lowest BCUT2D eigenvalue weighted by molar-refractivity contribution is -0.144. The van der Waals surface area contributed by atoms with Gasteiger partial charge in [-0.05, 0) is 44.1 Å². The van der Waals surface area contributed by atoms with Crippen LogP contribution in [0.3, 0.4) is 0 Å². The van der Waals surface area contributed by atoms with Crippen LogP contribution < -0.4 is 0 Å². The predicted octanol–water partition coefficient (Wildman–Crippen LogP) is 1.94. The molecule has 1 saturated heterocycles. The third kappa shape index (κ3) is 2.64. The molecule has 2 atom stereocenters. The van der Waals surface area contributed by atoms with Crippen LogP contribution >= 0.6 is 0 Å². The van der Waals surface area contributed by atoms with E-state index in [9.17, 15) is 9.90 Å². The molecule has 1 aromatic heterocycles. The van der Waals surface area contributed by atoms with Crippen molar-refractivity contribution in [2.75, 3.05) is 13.6 Å². The van der Waals surface area contributed by atoms with Gasteiger partial charge in [0.25, 0.3) is 0 Å². The number of aromatic nitrogens is 1. The summed E-state index contributed by atoms with van der Waals surface area (Å²) in [5.74, 6) is -1.01. The van der Waals surface area contributed by atoms with E-state index in [4.69, 9.17) is 0 Å². The molecule has 4 heteroatoms. The van der Waals surface area contributed by atoms with Gasteiger partial charge in [-0.25, -0.2) is 0 Å². The molecule has 0 saturated carbocycles. The van der Waals surface area contributed by atoms with E-state index in [1.54, 1.807) is 12.4 Å². The normalized spacial score (nSPS) is 26.4. The molecule has 0 spiro atoms. The zero-order valence-electron chi connectivity index (χ0n) is 10.0. The predicted molar refractivity (Wildman–Crippen MR) is 64.6 cm³/mol. The Morgan fingerprint density at radius 3 is 2.76 bits per heavy atom. The van der Waals surface area contributed by atoms with E-state index in [1.165, 1.54) is 0 Å². The standard InChI is InChI=1S/C13H18N2O2/c1-15-9-3-2-4-11(13(16)17)12(15)10-5-7-14-8-6-10/h5-8,11-12H,2-4,9H2,1H3,(H,16,17)/t11-,12+/m0/s1. The highest BCUT2D eigenvalue weighted by Crippen LogP contribution is 2.33. The van der Waals surface area contributed by atoms with Crippen LogP contribution in [0.1, 0.15) is 30.9 Å². The molecule has 0 radical (unpaired) electrons. The van der Waals surface area contributed by atoms with Crippen molar-refractivity contribution in [1.82, 2.24) is 9.88 Å². The van der Waals surface area contributed by atoms with Crippen LogP contribution in [-0.2, 0) is 4.79 Å². The summed E-state index contributed by atoms with van der Waals surface area (Å²) in [5.41, 5.74) is 1.05. The van der Waals surface area contributed by atoms with Crippen molar-refractivity contribution in [2.45, 2.75) is 25.3 Å². The molecule has 4 nitrogen and oxygen atoms in total. The van der Waals surface area contributed by atoms with Gasteiger partial charge in [0, 0.05) is 18.4 Å². The third-order valence-corrected chi connectivity index (χ3v) is 3.50. The largest absolute Gasteiger partial charge is 0.481 e. The number of hydrogen-bond acceptors (Lipinski definition) is 3. The Balaban J connectivity index is 2.33. The number of likely N-dealkylation sites (tertiary alicyclic amines) is 1. The molecular weight excluding hydrogens is 216 g/mol. The van der Waals surface area contributed by atoms with Crippen molar-refractivity contribution in [3.63, 3.8) is 0 Å². The van der Waals surface area contributed by atoms with E-state index in [0.29, 0.717) is 0 Å². The molecule has 17 heavy (non-hydrogen) atoms. The van der Waals surface area contributed by atoms with Crippen molar-refractivity contribution < 1.29 is 9.90 Å². The summed E-state index contributed by atoms with van der Waals surface area (Å²) in [6.45, 7) is 0.955. The molecule has 2 rings (SSSR count). The molecule has 1 fully saturated rings. The molecule has 2 heterocycles. The highest BCUT2D eigenvalue weighted by atomic mass is 16.4. The Hall–Kier alpha value is -1.42. The number of carbonyl (C=O) groups is 1. The molecule has 1 N–H and O–H groups in total. The van der Waals surface area contributed by atoms with E-state index in [1.807, 2.05) is 19.2 Å². The summed E-state index contributed by atoms with van der Waals surface area (Å²) in [6, 6.07) is 3.81. The van der Waals surface area contributed by atoms with Crippen LogP contribution in [0.15, 0.2) is 24.5 Å². The lowest BCUT2D eigenvalue weighted by atomic mass is 9.90. The van der Waals surface area contributed by atoms with Gasteiger partial charge in [-0.3, -0.25) is 14.7 Å². The van der Waals surface area contributed by atoms with Crippen LogP contribution in [0, 0.1) is 5.92 Å². The average Bonchev–Trinajstić information content (AvgIpc) is 2.52. The number of rotatable bonds is 2. The first-order valence-electron chi connectivity index (χ1n) is 6.03. The van der Waals surface area contributed by atoms with Gasteiger partial charge in [0.15, 0.2) is 0 Å². The first-order valence-corrected chi connectivity index (χ1v) is 6.03. The van der Waals surface area contributed by atoms with Crippen molar-refractivity contribution in [3.8, 4) is 0 Å². The average molecular weight is 234 g/mol. The van der Waals surface area contributed by atoms with Crippen molar-refractivity contribution in [2.24, 2.45) is 5.92 Å². The zero-order valence-corrected chi connectivity index (χ0v) is 10.0. The third-order valence-electron chi connectivity index (χ3n) is 3.50. The summed E-state index contributed by atoms with van der Waals surface area (Å²) >= 11 is 0. The van der Waals surface area contributed by atoms with Gasteiger partial charge in [-0.2, -0.15) is 0 Å². The minimum Gasteiger partial charge on any atom is -0.481 e. The molecule has 1 aliphatic rings. The number of carboxylic acids is 1. The van der Waals surface area contributed by atoms with E-state index in [0.717, 1.165) is 31.4 Å². The maximum Gasteiger partial charge on any atom is 0.308 e. The zero-order chi connectivity index (χ0) is 12.3. The molecule has 0 aliphatic carbocycles. The van der Waals surface area contributed by atoms with Gasteiger partial charge >= 0.3 is 5.97 Å². The summed E-state index contributed by atoms with van der Waals surface area (Å²) in [6.07, 6.45) is 6.28. The summed E-state index contributed by atoms with van der Waals surface area (Å²) in [4.78, 5) is 17.5. The van der Waals surface area contributed by atoms with E-state index in [-0.39, 0.29) is 12.0 Å². The smallest absolute Gasteiger partial charge is 0.308 e. The van der Waals surface area contributed by atoms with E-state index in [2.05, 4.69) is 9.88 Å². The van der Waals surface area contributed by atoms with E-state index >= 15 is 0 Å². The monoisotopic (exact) mass is 234 g/mol. The molecule has 0 unspecified atom stereocenters. The highest BCUT2D eigenvalue weighted by Gasteiger charge is 2.33. The molecule has 1 aliphatic heterocycles. The van der Waals surface area contributed by atoms with Crippen molar-refractivity contribution in [3.05, 3.63) is 30.1 Å². The highest BCUT2D eigenvalue weighted by molar-refractivity contribution is 5.71. The van der Waals surface area contributed by atoms with Gasteiger partial charge in [0.05, 0.1) is 5.92 Å². The number of aliphatic carboxylic acids is 1. The second kappa shape index (κ2) is 5.27. The maximum absolute atomic E-state index is 11.4. The van der Waals surface area contributed by atoms with Gasteiger partial charge < -0.3 is 5.11 Å². The quantitative estimate of drug-likeness (QED) is 0.849. The van der Waals surface area contributed by atoms with Crippen LogP contribution in [-0.4, -0.2) is 34.6 Å². The van der Waals surface area contributed by atoms with Gasteiger partial charge in [0.2, 0.25) is 0 Å². The van der Waals surface area contributed by atoms with Crippen LogP contribution in [0.2, 0.25) is 0 Å². The second-order valence-electron chi connectivity index (χ2n) is 4.65. The first kappa shape index (κ1) is 12.0. The molecule has 0 bridgehead atoms. The Labute approximate surface area is 101 Å². The fourth-order valence-corrected chi connectivity index (χ4v) is 2.64. The lowest BCUT2D eigenvalue weighted by Crippen LogP contribution is -2.33. The SMILES string of the molecule is CN1CCCC[C@H](C(=O)O)[C@H]1c1ccncc1. The second-order valence-corrected chi connectivity index (χ2v) is 4.65. The summed E-state index contributed by atoms with van der Waals surface area (Å²) in [7, 11) is 2.01. The Bertz CT molecular complexity index is 380. The van der Waals surface area contributed by atoms with Crippen molar-refractivity contribution >= 4 is 5.97 Å². The fraction of sp³-hybridized carbons (Fsp3) is 0.538. The molecule has 0 amide bonds. The van der Waals surface area contributed by atoms with E-state index < -0.39 is 5.97 Å². The number of nitrogens with zero attached hydrogens (tertiary/aromatic N) is 2. The molecule has 0 aromatic carbocycles. The molecule has 92 valence electrons. The van der Waals surface area contributed by atoms with Crippen LogP contribution in [0.4, 0.5) is 0 Å². The van der Waals surface area contributed by atoms with Gasteiger partial charge in [-0.1, -0.05) is 6.42 Å². The van der Waals surface area contributed by atoms with Crippen molar-refractivity contribution in [1.29, 1.82) is 0 Å². The molecular formula is C13H18N2O2. The van der Waals surface area contributed by atoms with Gasteiger partial charge in [0.1, 0.15) is 0 Å². The Morgan fingerprint density at radius 1 is 1.41 bits per heavy atom. The topological polar surface area (TPSA) is 53.4 Å². The summed E-state index contributed by atoms with van der Waals surface area (Å²) < 4.78 is 0. The Kier molecular flexibility index (Phi) is 3.74. The maximum atomic E-state index is 11.4. The minimum atomic E-state index is -0.694. The fourth-order valence-electron chi connectivity index (χ4n) is 2.64. The number of pyridine rings is 1. The van der Waals surface area contributed by atoms with Crippen LogP contribution in [0.25, 0.3) is 0 Å². The van der Waals surface area contributed by atoms with Crippen LogP contribution in [0.5, 0.6) is 0 Å².